The molecule has 0 nitrogen and oxygen atoms in total. The van der Waals surface area contributed by atoms with Crippen LogP contribution in [0.2, 0.25) is 0 Å². The molecule has 0 heterocycles. The maximum absolute atomic E-state index is 4.50. The van der Waals surface area contributed by atoms with Crippen molar-refractivity contribution in [1.82, 2.24) is 0 Å². The van der Waals surface area contributed by atoms with Crippen LogP contribution in [0.3, 0.4) is 0 Å². The molecule has 0 aromatic heterocycles. The fourth-order valence-corrected chi connectivity index (χ4v) is 11.1. The van der Waals surface area contributed by atoms with Crippen LogP contribution in [0.1, 0.15) is 19.8 Å². The zero-order chi connectivity index (χ0) is 18.8. The van der Waals surface area contributed by atoms with Crippen molar-refractivity contribution in [3.63, 3.8) is 0 Å². The average molecular weight is 437 g/mol. The minimum absolute atomic E-state index is 0.800. The van der Waals surface area contributed by atoms with Crippen molar-refractivity contribution in [2.75, 3.05) is 6.16 Å². The van der Waals surface area contributed by atoms with Gasteiger partial charge < -0.3 is 0 Å². The van der Waals surface area contributed by atoms with E-state index in [-0.39, 0.29) is 0 Å². The summed E-state index contributed by atoms with van der Waals surface area (Å²) in [5.74, 6) is 0.800. The van der Waals surface area contributed by atoms with Crippen molar-refractivity contribution in [2.45, 2.75) is 19.8 Å². The SMILES string of the molecule is C/C(=C\CP(Br)(c1ccccc1)(c1ccccc1)c1ccccc1)C1CC1. The van der Waals surface area contributed by atoms with E-state index in [0.29, 0.717) is 0 Å². The van der Waals surface area contributed by atoms with E-state index in [2.05, 4.69) is 119 Å². The van der Waals surface area contributed by atoms with Crippen molar-refractivity contribution in [1.29, 1.82) is 0 Å². The average Bonchev–Trinajstić information content (AvgIpc) is 3.59. The third kappa shape index (κ3) is 3.33. The van der Waals surface area contributed by atoms with Gasteiger partial charge in [-0.1, -0.05) is 0 Å². The maximum atomic E-state index is 4.50. The zero-order valence-electron chi connectivity index (χ0n) is 15.8. The van der Waals surface area contributed by atoms with E-state index >= 15 is 0 Å². The minimum atomic E-state index is -2.78. The summed E-state index contributed by atoms with van der Waals surface area (Å²) in [6.45, 7) is 2.31. The van der Waals surface area contributed by atoms with E-state index in [0.717, 1.165) is 12.1 Å². The number of rotatable bonds is 6. The third-order valence-electron chi connectivity index (χ3n) is 5.86. The Labute approximate surface area is 171 Å². The number of hydrogen-bond donors (Lipinski definition) is 0. The number of halogens is 1. The van der Waals surface area contributed by atoms with Crippen molar-refractivity contribution in [3.05, 3.63) is 103 Å². The Morgan fingerprint density at radius 3 is 1.48 bits per heavy atom. The first kappa shape index (κ1) is 18.7. The van der Waals surface area contributed by atoms with E-state index < -0.39 is 5.31 Å². The number of benzene rings is 3. The van der Waals surface area contributed by atoms with Crippen LogP contribution in [0.15, 0.2) is 103 Å². The Morgan fingerprint density at radius 1 is 0.778 bits per heavy atom. The molecule has 0 bridgehead atoms. The van der Waals surface area contributed by atoms with Crippen molar-refractivity contribution >= 4 is 36.7 Å². The Morgan fingerprint density at radius 2 is 1.15 bits per heavy atom. The van der Waals surface area contributed by atoms with Crippen molar-refractivity contribution in [2.24, 2.45) is 5.92 Å². The number of hydrogen-bond acceptors (Lipinski definition) is 0. The summed E-state index contributed by atoms with van der Waals surface area (Å²) in [6, 6.07) is 33.1. The van der Waals surface area contributed by atoms with Gasteiger partial charge in [0.25, 0.3) is 0 Å². The van der Waals surface area contributed by atoms with E-state index in [1.54, 1.807) is 5.57 Å². The Hall–Kier alpha value is -1.69. The standard InChI is InChI=1S/C25H26BrP/c1-21(22-17-18-22)19-20-27(26,23-11-5-2-6-12-23,24-13-7-3-8-14-24)25-15-9-4-10-16-25/h2-16,19,22H,17-18,20H2,1H3/b21-19+. The molecule has 0 radical (unpaired) electrons. The number of allylic oxidation sites excluding steroid dienone is 2. The quantitative estimate of drug-likeness (QED) is 0.319. The zero-order valence-corrected chi connectivity index (χ0v) is 18.2. The van der Waals surface area contributed by atoms with Crippen LogP contribution >= 0.6 is 20.8 Å². The van der Waals surface area contributed by atoms with Crippen molar-refractivity contribution in [3.8, 4) is 0 Å². The molecule has 1 fully saturated rings. The molecule has 1 aliphatic rings. The van der Waals surface area contributed by atoms with Gasteiger partial charge in [-0.15, -0.1) is 0 Å². The molecule has 0 saturated heterocycles. The molecular weight excluding hydrogens is 411 g/mol. The van der Waals surface area contributed by atoms with Crippen molar-refractivity contribution < 1.29 is 0 Å². The first-order valence-electron chi connectivity index (χ1n) is 9.69. The van der Waals surface area contributed by atoms with E-state index in [1.165, 1.54) is 28.8 Å². The fourth-order valence-electron chi connectivity index (χ4n) is 4.00. The second kappa shape index (κ2) is 7.38. The second-order valence-corrected chi connectivity index (χ2v) is 16.6. The normalized spacial score (nSPS) is 16.5. The van der Waals surface area contributed by atoms with Gasteiger partial charge in [-0.05, 0) is 0 Å². The molecule has 4 rings (SSSR count). The summed E-state index contributed by atoms with van der Waals surface area (Å²) in [4.78, 5) is 0. The molecule has 0 amide bonds. The molecule has 138 valence electrons. The summed E-state index contributed by atoms with van der Waals surface area (Å²) in [6.07, 6.45) is 6.22. The van der Waals surface area contributed by atoms with Gasteiger partial charge in [-0.3, -0.25) is 0 Å². The van der Waals surface area contributed by atoms with Crippen LogP contribution in [0.5, 0.6) is 0 Å². The summed E-state index contributed by atoms with van der Waals surface area (Å²) >= 11 is 4.50. The molecule has 2 heteroatoms. The van der Waals surface area contributed by atoms with Gasteiger partial charge in [-0.2, -0.15) is 0 Å². The fraction of sp³-hybridized carbons (Fsp3) is 0.200. The molecule has 3 aromatic rings. The van der Waals surface area contributed by atoms with E-state index in [9.17, 15) is 0 Å². The first-order chi connectivity index (χ1) is 13.1. The summed E-state index contributed by atoms with van der Waals surface area (Å²) < 4.78 is 0. The summed E-state index contributed by atoms with van der Waals surface area (Å²) in [7, 11) is 0. The summed E-state index contributed by atoms with van der Waals surface area (Å²) in [5.41, 5.74) is 1.55. The monoisotopic (exact) mass is 436 g/mol. The van der Waals surface area contributed by atoms with Crippen LogP contribution in [0.25, 0.3) is 0 Å². The summed E-state index contributed by atoms with van der Waals surface area (Å²) in [5, 5.41) is 1.39. The van der Waals surface area contributed by atoms with Crippen LogP contribution in [-0.2, 0) is 0 Å². The molecule has 0 atom stereocenters. The predicted molar refractivity (Wildman–Crippen MR) is 125 cm³/mol. The van der Waals surface area contributed by atoms with Gasteiger partial charge in [0, 0.05) is 0 Å². The molecule has 0 spiro atoms. The van der Waals surface area contributed by atoms with Gasteiger partial charge in [-0.25, -0.2) is 0 Å². The molecule has 0 unspecified atom stereocenters. The van der Waals surface area contributed by atoms with Crippen LogP contribution in [0.4, 0.5) is 0 Å². The van der Waals surface area contributed by atoms with Gasteiger partial charge >= 0.3 is 171 Å². The van der Waals surface area contributed by atoms with Crippen LogP contribution in [-0.4, -0.2) is 6.16 Å². The molecule has 0 aliphatic heterocycles. The van der Waals surface area contributed by atoms with Gasteiger partial charge in [0.1, 0.15) is 0 Å². The van der Waals surface area contributed by atoms with Gasteiger partial charge in [0.05, 0.1) is 0 Å². The Kier molecular flexibility index (Phi) is 5.10. The second-order valence-electron chi connectivity index (χ2n) is 7.59. The topological polar surface area (TPSA) is 0 Å². The predicted octanol–water partition coefficient (Wildman–Crippen LogP) is 6.18. The van der Waals surface area contributed by atoms with Crippen LogP contribution in [0, 0.1) is 5.92 Å². The molecule has 1 saturated carbocycles. The molecule has 3 aromatic carbocycles. The van der Waals surface area contributed by atoms with Gasteiger partial charge in [0.15, 0.2) is 0 Å². The first-order valence-corrected chi connectivity index (χ1v) is 14.1. The molecule has 1 aliphatic carbocycles. The van der Waals surface area contributed by atoms with Gasteiger partial charge in [0.2, 0.25) is 0 Å². The van der Waals surface area contributed by atoms with E-state index in [4.69, 9.17) is 0 Å². The molecule has 0 N–H and O–H groups in total. The molecule has 27 heavy (non-hydrogen) atoms. The Bertz CT molecular complexity index is 828. The Balaban J connectivity index is 2.01. The van der Waals surface area contributed by atoms with Crippen LogP contribution < -0.4 is 15.9 Å². The van der Waals surface area contributed by atoms with E-state index in [1.807, 2.05) is 0 Å². The molecular formula is C25H26BrP. The third-order valence-corrected chi connectivity index (χ3v) is 15.4.